The normalized spacial score (nSPS) is 11.0. The Morgan fingerprint density at radius 3 is 2.95 bits per heavy atom. The largest absolute Gasteiger partial charge is 0.478 e. The smallest absolute Gasteiger partial charge is 0.337 e. The molecule has 0 radical (unpaired) electrons. The molecule has 0 spiro atoms. The van der Waals surface area contributed by atoms with Crippen molar-refractivity contribution in [3.63, 3.8) is 0 Å². The topological polar surface area (TPSA) is 68.0 Å². The first-order chi connectivity index (χ1) is 9.13. The summed E-state index contributed by atoms with van der Waals surface area (Å²) in [5.74, 6) is -0.976. The van der Waals surface area contributed by atoms with Crippen LogP contribution in [-0.4, -0.2) is 25.8 Å². The van der Waals surface area contributed by atoms with Crippen molar-refractivity contribution in [2.75, 3.05) is 0 Å². The van der Waals surface area contributed by atoms with Gasteiger partial charge in [-0.1, -0.05) is 0 Å². The summed E-state index contributed by atoms with van der Waals surface area (Å²) in [6.07, 6.45) is 3.01. The Morgan fingerprint density at radius 1 is 1.42 bits per heavy atom. The van der Waals surface area contributed by atoms with E-state index in [1.54, 1.807) is 28.3 Å². The molecule has 1 N–H and O–H groups in total. The van der Waals surface area contributed by atoms with Crippen LogP contribution in [0.5, 0.6) is 0 Å². The predicted octanol–water partition coefficient (Wildman–Crippen LogP) is 2.55. The number of aromatic carboxylic acids is 1. The molecule has 0 aliphatic rings. The number of aromatic nitrogens is 3. The molecule has 3 heterocycles. The number of fused-ring (bicyclic) bond motifs is 1. The van der Waals surface area contributed by atoms with Gasteiger partial charge < -0.3 is 5.11 Å². The van der Waals surface area contributed by atoms with Gasteiger partial charge in [-0.3, -0.25) is 0 Å². The second-order valence-corrected chi connectivity index (χ2v) is 5.63. The van der Waals surface area contributed by atoms with E-state index in [-0.39, 0.29) is 5.56 Å². The van der Waals surface area contributed by atoms with Crippen LogP contribution in [0.4, 0.5) is 0 Å². The molecule has 5 nitrogen and oxygen atoms in total. The molecule has 0 saturated carbocycles. The Balaban J connectivity index is 1.99. The van der Waals surface area contributed by atoms with Crippen LogP contribution < -0.4 is 0 Å². The van der Waals surface area contributed by atoms with Gasteiger partial charge in [-0.05, 0) is 25.1 Å². The summed E-state index contributed by atoms with van der Waals surface area (Å²) in [5.41, 5.74) is 0.884. The van der Waals surface area contributed by atoms with Crippen LogP contribution in [0.2, 0.25) is 0 Å². The molecular formula is C13H11N3O2S. The lowest BCUT2D eigenvalue weighted by Gasteiger charge is -2.00. The molecule has 3 aromatic rings. The maximum absolute atomic E-state index is 10.9. The van der Waals surface area contributed by atoms with Crippen LogP contribution in [0.25, 0.3) is 11.0 Å². The zero-order valence-electron chi connectivity index (χ0n) is 10.2. The van der Waals surface area contributed by atoms with Crippen molar-refractivity contribution in [2.45, 2.75) is 13.5 Å². The number of hydrogen-bond acceptors (Lipinski definition) is 4. The van der Waals surface area contributed by atoms with Crippen LogP contribution in [0.3, 0.4) is 0 Å². The maximum Gasteiger partial charge on any atom is 0.337 e. The van der Waals surface area contributed by atoms with Crippen molar-refractivity contribution in [3.05, 3.63) is 45.9 Å². The van der Waals surface area contributed by atoms with Gasteiger partial charge in [0.2, 0.25) is 0 Å². The molecule has 19 heavy (non-hydrogen) atoms. The molecule has 6 heteroatoms. The van der Waals surface area contributed by atoms with Crippen LogP contribution in [0.1, 0.15) is 20.1 Å². The van der Waals surface area contributed by atoms with E-state index in [0.29, 0.717) is 12.2 Å². The monoisotopic (exact) mass is 273 g/mol. The standard InChI is InChI=1S/C13H11N3O2S/c1-8-2-3-11(19-8)7-16-12-9(6-15-16)4-10(5-14-12)13(17)18/h2-6H,7H2,1H3,(H,17,18). The predicted molar refractivity (Wildman–Crippen MR) is 72.6 cm³/mol. The number of rotatable bonds is 3. The molecule has 0 aromatic carbocycles. The lowest BCUT2D eigenvalue weighted by Crippen LogP contribution is -2.02. The lowest BCUT2D eigenvalue weighted by atomic mass is 10.2. The molecule has 0 amide bonds. The van der Waals surface area contributed by atoms with Crippen LogP contribution in [0, 0.1) is 6.92 Å². The molecule has 0 bridgehead atoms. The molecule has 0 unspecified atom stereocenters. The first kappa shape index (κ1) is 11.9. The molecule has 0 aliphatic carbocycles. The van der Waals surface area contributed by atoms with E-state index in [0.717, 1.165) is 5.39 Å². The lowest BCUT2D eigenvalue weighted by molar-refractivity contribution is 0.0696. The average Bonchev–Trinajstić information content (AvgIpc) is 2.96. The Hall–Kier alpha value is -2.21. The number of nitrogens with zero attached hydrogens (tertiary/aromatic N) is 3. The second-order valence-electron chi connectivity index (χ2n) is 4.26. The van der Waals surface area contributed by atoms with Crippen molar-refractivity contribution in [2.24, 2.45) is 0 Å². The van der Waals surface area contributed by atoms with Gasteiger partial charge in [0, 0.05) is 21.3 Å². The molecular weight excluding hydrogens is 262 g/mol. The van der Waals surface area contributed by atoms with Gasteiger partial charge in [0.05, 0.1) is 18.3 Å². The van der Waals surface area contributed by atoms with E-state index in [1.165, 1.54) is 16.0 Å². The summed E-state index contributed by atoms with van der Waals surface area (Å²) in [6.45, 7) is 2.72. The van der Waals surface area contributed by atoms with E-state index < -0.39 is 5.97 Å². The Bertz CT molecular complexity index is 760. The SMILES string of the molecule is Cc1ccc(Cn2ncc3cc(C(=O)O)cnc32)s1. The highest BCUT2D eigenvalue weighted by atomic mass is 32.1. The number of thiophene rings is 1. The third-order valence-corrected chi connectivity index (χ3v) is 3.81. The van der Waals surface area contributed by atoms with E-state index >= 15 is 0 Å². The molecule has 0 saturated heterocycles. The van der Waals surface area contributed by atoms with E-state index in [1.807, 2.05) is 0 Å². The van der Waals surface area contributed by atoms with Crippen molar-refractivity contribution in [1.82, 2.24) is 14.8 Å². The van der Waals surface area contributed by atoms with Crippen LogP contribution in [0.15, 0.2) is 30.6 Å². The summed E-state index contributed by atoms with van der Waals surface area (Å²) >= 11 is 1.72. The summed E-state index contributed by atoms with van der Waals surface area (Å²) in [7, 11) is 0. The van der Waals surface area contributed by atoms with Gasteiger partial charge in [-0.25, -0.2) is 14.5 Å². The fourth-order valence-electron chi connectivity index (χ4n) is 1.92. The first-order valence-corrected chi connectivity index (χ1v) is 6.55. The average molecular weight is 273 g/mol. The van der Waals surface area contributed by atoms with Crippen LogP contribution >= 0.6 is 11.3 Å². The van der Waals surface area contributed by atoms with E-state index in [9.17, 15) is 4.79 Å². The number of aryl methyl sites for hydroxylation is 1. The summed E-state index contributed by atoms with van der Waals surface area (Å²) < 4.78 is 1.78. The zero-order chi connectivity index (χ0) is 13.4. The van der Waals surface area contributed by atoms with Gasteiger partial charge in [-0.2, -0.15) is 5.10 Å². The summed E-state index contributed by atoms with van der Waals surface area (Å²) in [5, 5.41) is 13.9. The fraction of sp³-hybridized carbons (Fsp3) is 0.154. The number of carboxylic acids is 1. The summed E-state index contributed by atoms with van der Waals surface area (Å²) in [4.78, 5) is 17.5. The number of hydrogen-bond donors (Lipinski definition) is 1. The van der Waals surface area contributed by atoms with E-state index in [4.69, 9.17) is 5.11 Å². The third-order valence-electron chi connectivity index (χ3n) is 2.82. The molecule has 3 rings (SSSR count). The van der Waals surface area contributed by atoms with Crippen LogP contribution in [-0.2, 0) is 6.54 Å². The Morgan fingerprint density at radius 2 is 2.26 bits per heavy atom. The van der Waals surface area contributed by atoms with Gasteiger partial charge in [0.25, 0.3) is 0 Å². The second kappa shape index (κ2) is 4.47. The first-order valence-electron chi connectivity index (χ1n) is 5.73. The zero-order valence-corrected chi connectivity index (χ0v) is 11.0. The quantitative estimate of drug-likeness (QED) is 0.796. The van der Waals surface area contributed by atoms with Crippen molar-refractivity contribution in [1.29, 1.82) is 0 Å². The molecule has 0 aliphatic heterocycles. The minimum Gasteiger partial charge on any atom is -0.478 e. The fourth-order valence-corrected chi connectivity index (χ4v) is 2.79. The molecule has 0 atom stereocenters. The van der Waals surface area contributed by atoms with E-state index in [2.05, 4.69) is 29.1 Å². The number of carbonyl (C=O) groups is 1. The van der Waals surface area contributed by atoms with Crippen molar-refractivity contribution >= 4 is 28.3 Å². The molecule has 3 aromatic heterocycles. The van der Waals surface area contributed by atoms with Gasteiger partial charge in [-0.15, -0.1) is 11.3 Å². The van der Waals surface area contributed by atoms with Gasteiger partial charge in [0.15, 0.2) is 5.65 Å². The highest BCUT2D eigenvalue weighted by Crippen LogP contribution is 2.19. The minimum absolute atomic E-state index is 0.180. The Labute approximate surface area is 113 Å². The highest BCUT2D eigenvalue weighted by molar-refractivity contribution is 7.11. The van der Waals surface area contributed by atoms with Crippen molar-refractivity contribution < 1.29 is 9.90 Å². The van der Waals surface area contributed by atoms with Crippen molar-refractivity contribution in [3.8, 4) is 0 Å². The Kier molecular flexibility index (Phi) is 2.79. The third kappa shape index (κ3) is 2.22. The highest BCUT2D eigenvalue weighted by Gasteiger charge is 2.09. The maximum atomic E-state index is 10.9. The van der Waals surface area contributed by atoms with Gasteiger partial charge in [0.1, 0.15) is 0 Å². The van der Waals surface area contributed by atoms with Gasteiger partial charge >= 0.3 is 5.97 Å². The number of carboxylic acid groups (broad SMARTS) is 1. The number of pyridine rings is 1. The molecule has 0 fully saturated rings. The minimum atomic E-state index is -0.976. The molecule has 96 valence electrons. The summed E-state index contributed by atoms with van der Waals surface area (Å²) in [6, 6.07) is 5.73.